The van der Waals surface area contributed by atoms with Gasteiger partial charge in [-0.2, -0.15) is 0 Å². The molecular weight excluding hydrogens is 291 g/mol. The van der Waals surface area contributed by atoms with Crippen LogP contribution in [0.2, 0.25) is 5.02 Å². The largest absolute Gasteiger partial charge is 0.491 e. The molecule has 0 aliphatic heterocycles. The number of hydrogen-bond donors (Lipinski definition) is 2. The van der Waals surface area contributed by atoms with Crippen LogP contribution in [-0.4, -0.2) is 6.10 Å². The second kappa shape index (κ2) is 6.89. The van der Waals surface area contributed by atoms with Crippen molar-refractivity contribution < 1.29 is 9.13 Å². The van der Waals surface area contributed by atoms with Gasteiger partial charge in [-0.15, -0.1) is 0 Å². The van der Waals surface area contributed by atoms with Crippen LogP contribution in [0, 0.1) is 5.82 Å². The van der Waals surface area contributed by atoms with Crippen molar-refractivity contribution in [1.82, 2.24) is 5.43 Å². The summed E-state index contributed by atoms with van der Waals surface area (Å²) in [6, 6.07) is 11.8. The topological polar surface area (TPSA) is 47.3 Å². The van der Waals surface area contributed by atoms with Crippen LogP contribution in [0.1, 0.15) is 31.0 Å². The molecule has 0 aromatic heterocycles. The van der Waals surface area contributed by atoms with E-state index in [1.54, 1.807) is 6.07 Å². The summed E-state index contributed by atoms with van der Waals surface area (Å²) in [5.74, 6) is 5.91. The summed E-state index contributed by atoms with van der Waals surface area (Å²) in [4.78, 5) is 0. The van der Waals surface area contributed by atoms with Gasteiger partial charge in [0.05, 0.1) is 17.2 Å². The highest BCUT2D eigenvalue weighted by molar-refractivity contribution is 6.30. The Bertz CT molecular complexity index is 619. The fraction of sp³-hybridized carbons (Fsp3) is 0.250. The molecule has 0 heterocycles. The zero-order valence-corrected chi connectivity index (χ0v) is 12.7. The maximum Gasteiger partial charge on any atom is 0.142 e. The number of hydrazine groups is 1. The first-order valence-electron chi connectivity index (χ1n) is 6.69. The number of nitrogens with one attached hydrogen (secondary N) is 1. The maximum absolute atomic E-state index is 13.6. The molecule has 0 bridgehead atoms. The van der Waals surface area contributed by atoms with E-state index in [-0.39, 0.29) is 17.2 Å². The minimum Gasteiger partial charge on any atom is -0.491 e. The molecular formula is C16H18ClFN2O. The molecule has 1 unspecified atom stereocenters. The molecule has 0 radical (unpaired) electrons. The average Bonchev–Trinajstić information content (AvgIpc) is 2.43. The smallest absolute Gasteiger partial charge is 0.142 e. The Labute approximate surface area is 128 Å². The minimum atomic E-state index is -0.469. The molecule has 0 aliphatic carbocycles. The molecule has 3 nitrogen and oxygen atoms in total. The van der Waals surface area contributed by atoms with E-state index in [2.05, 4.69) is 5.43 Å². The second-order valence-corrected chi connectivity index (χ2v) is 5.42. The van der Waals surface area contributed by atoms with Crippen molar-refractivity contribution in [2.24, 2.45) is 5.84 Å². The molecule has 0 saturated carbocycles. The fourth-order valence-corrected chi connectivity index (χ4v) is 2.23. The lowest BCUT2D eigenvalue weighted by molar-refractivity contribution is 0.242. The van der Waals surface area contributed by atoms with Crippen LogP contribution in [0.5, 0.6) is 5.75 Å². The predicted octanol–water partition coefficient (Wildman–Crippen LogP) is 3.82. The Morgan fingerprint density at radius 2 is 1.86 bits per heavy atom. The first-order chi connectivity index (χ1) is 10.0. The van der Waals surface area contributed by atoms with Crippen LogP contribution >= 0.6 is 11.6 Å². The highest BCUT2D eigenvalue weighted by atomic mass is 35.5. The summed E-state index contributed by atoms with van der Waals surface area (Å²) in [5.41, 5.74) is 4.28. The molecule has 2 aromatic rings. The number of hydrogen-bond acceptors (Lipinski definition) is 3. The summed E-state index contributed by atoms with van der Waals surface area (Å²) >= 11 is 5.71. The zero-order chi connectivity index (χ0) is 15.4. The quantitative estimate of drug-likeness (QED) is 0.652. The molecule has 0 amide bonds. The van der Waals surface area contributed by atoms with Crippen molar-refractivity contribution in [3.8, 4) is 5.75 Å². The predicted molar refractivity (Wildman–Crippen MR) is 82.8 cm³/mol. The lowest BCUT2D eigenvalue weighted by Gasteiger charge is -2.19. The van der Waals surface area contributed by atoms with Gasteiger partial charge in [-0.1, -0.05) is 29.8 Å². The van der Waals surface area contributed by atoms with E-state index >= 15 is 0 Å². The molecule has 0 fully saturated rings. The van der Waals surface area contributed by atoms with Crippen molar-refractivity contribution >= 4 is 11.6 Å². The maximum atomic E-state index is 13.6. The summed E-state index contributed by atoms with van der Waals surface area (Å²) in [6.07, 6.45) is 0.0810. The zero-order valence-electron chi connectivity index (χ0n) is 11.9. The van der Waals surface area contributed by atoms with Crippen molar-refractivity contribution in [2.75, 3.05) is 0 Å². The summed E-state index contributed by atoms with van der Waals surface area (Å²) in [5, 5.41) is 0.0893. The number of rotatable bonds is 5. The molecule has 0 spiro atoms. The standard InChI is InChI=1S/C16H18ClFN2O/c1-10(2)21-13-5-3-4-11(8-13)16(20-19)12-6-7-14(17)15(18)9-12/h3-10,16,20H,19H2,1-2H3. The van der Waals surface area contributed by atoms with Gasteiger partial charge in [0.25, 0.3) is 0 Å². The second-order valence-electron chi connectivity index (χ2n) is 5.01. The Kier molecular flexibility index (Phi) is 5.17. The van der Waals surface area contributed by atoms with Crippen molar-refractivity contribution in [3.05, 3.63) is 64.4 Å². The van der Waals surface area contributed by atoms with Gasteiger partial charge in [-0.25, -0.2) is 9.82 Å². The van der Waals surface area contributed by atoms with Gasteiger partial charge < -0.3 is 4.74 Å². The number of ether oxygens (including phenoxy) is 1. The van der Waals surface area contributed by atoms with E-state index in [4.69, 9.17) is 22.2 Å². The highest BCUT2D eigenvalue weighted by Crippen LogP contribution is 2.27. The number of benzene rings is 2. The lowest BCUT2D eigenvalue weighted by Crippen LogP contribution is -2.29. The van der Waals surface area contributed by atoms with Gasteiger partial charge >= 0.3 is 0 Å². The van der Waals surface area contributed by atoms with E-state index in [1.807, 2.05) is 38.1 Å². The molecule has 2 rings (SSSR count). The van der Waals surface area contributed by atoms with Gasteiger partial charge in [-0.3, -0.25) is 5.84 Å². The molecule has 2 aromatic carbocycles. The first kappa shape index (κ1) is 15.8. The SMILES string of the molecule is CC(C)Oc1cccc(C(NN)c2ccc(Cl)c(F)c2)c1. The van der Waals surface area contributed by atoms with Gasteiger partial charge in [0.15, 0.2) is 0 Å². The van der Waals surface area contributed by atoms with Crippen LogP contribution in [-0.2, 0) is 0 Å². The summed E-state index contributed by atoms with van der Waals surface area (Å²) in [7, 11) is 0. The molecule has 1 atom stereocenters. The number of halogens is 2. The Balaban J connectivity index is 2.34. The molecule has 21 heavy (non-hydrogen) atoms. The van der Waals surface area contributed by atoms with E-state index in [0.29, 0.717) is 5.56 Å². The summed E-state index contributed by atoms with van der Waals surface area (Å²) < 4.78 is 19.3. The molecule has 0 saturated heterocycles. The monoisotopic (exact) mass is 308 g/mol. The average molecular weight is 309 g/mol. The van der Waals surface area contributed by atoms with Gasteiger partial charge in [0.2, 0.25) is 0 Å². The third-order valence-electron chi connectivity index (χ3n) is 3.01. The first-order valence-corrected chi connectivity index (χ1v) is 7.06. The highest BCUT2D eigenvalue weighted by Gasteiger charge is 2.15. The molecule has 112 valence electrons. The molecule has 3 N–H and O–H groups in total. The van der Waals surface area contributed by atoms with E-state index in [1.165, 1.54) is 12.1 Å². The Hall–Kier alpha value is -1.62. The van der Waals surface area contributed by atoms with Crippen LogP contribution in [0.15, 0.2) is 42.5 Å². The van der Waals surface area contributed by atoms with Crippen LogP contribution in [0.25, 0.3) is 0 Å². The third-order valence-corrected chi connectivity index (χ3v) is 3.31. The lowest BCUT2D eigenvalue weighted by atomic mass is 9.99. The Morgan fingerprint density at radius 3 is 2.48 bits per heavy atom. The van der Waals surface area contributed by atoms with Gasteiger partial charge in [-0.05, 0) is 49.2 Å². The van der Waals surface area contributed by atoms with Crippen LogP contribution in [0.3, 0.4) is 0 Å². The van der Waals surface area contributed by atoms with Crippen molar-refractivity contribution in [3.63, 3.8) is 0 Å². The van der Waals surface area contributed by atoms with E-state index < -0.39 is 5.82 Å². The van der Waals surface area contributed by atoms with Crippen molar-refractivity contribution in [2.45, 2.75) is 26.0 Å². The minimum absolute atomic E-state index is 0.0810. The normalized spacial score (nSPS) is 12.5. The van der Waals surface area contributed by atoms with Gasteiger partial charge in [0.1, 0.15) is 11.6 Å². The Morgan fingerprint density at radius 1 is 1.14 bits per heavy atom. The van der Waals surface area contributed by atoms with Gasteiger partial charge in [0, 0.05) is 0 Å². The van der Waals surface area contributed by atoms with Crippen LogP contribution in [0.4, 0.5) is 4.39 Å². The van der Waals surface area contributed by atoms with Crippen molar-refractivity contribution in [1.29, 1.82) is 0 Å². The third kappa shape index (κ3) is 3.94. The van der Waals surface area contributed by atoms with E-state index in [9.17, 15) is 4.39 Å². The fourth-order valence-electron chi connectivity index (χ4n) is 2.12. The summed E-state index contributed by atoms with van der Waals surface area (Å²) in [6.45, 7) is 3.92. The van der Waals surface area contributed by atoms with Crippen LogP contribution < -0.4 is 16.0 Å². The molecule has 0 aliphatic rings. The molecule has 5 heteroatoms. The van der Waals surface area contributed by atoms with E-state index in [0.717, 1.165) is 11.3 Å². The number of nitrogens with two attached hydrogens (primary N) is 1.